The quantitative estimate of drug-likeness (QED) is 0.500. The second kappa shape index (κ2) is 6.60. The van der Waals surface area contributed by atoms with Gasteiger partial charge in [-0.05, 0) is 55.8 Å². The van der Waals surface area contributed by atoms with Gasteiger partial charge < -0.3 is 9.72 Å². The molecule has 1 aromatic carbocycles. The summed E-state index contributed by atoms with van der Waals surface area (Å²) in [5, 5.41) is 3.00. The predicted molar refractivity (Wildman–Crippen MR) is 113 cm³/mol. The average Bonchev–Trinajstić information content (AvgIpc) is 3.27. The summed E-state index contributed by atoms with van der Waals surface area (Å²) in [4.78, 5) is 22.1. The molecule has 0 fully saturated rings. The Bertz CT molecular complexity index is 1380. The van der Waals surface area contributed by atoms with E-state index in [2.05, 4.69) is 10.3 Å². The van der Waals surface area contributed by atoms with Gasteiger partial charge in [-0.25, -0.2) is 9.97 Å². The highest BCUT2D eigenvalue weighted by molar-refractivity contribution is 6.04. The van der Waals surface area contributed by atoms with Gasteiger partial charge in [0, 0.05) is 29.8 Å². The van der Waals surface area contributed by atoms with Crippen LogP contribution in [0.5, 0.6) is 0 Å². The summed E-state index contributed by atoms with van der Waals surface area (Å²) >= 11 is 0. The van der Waals surface area contributed by atoms with Crippen molar-refractivity contribution in [2.45, 2.75) is 13.8 Å². The number of fused-ring (bicyclic) bond motifs is 2. The van der Waals surface area contributed by atoms with Crippen LogP contribution >= 0.6 is 0 Å². The Morgan fingerprint density at radius 1 is 0.931 bits per heavy atom. The van der Waals surface area contributed by atoms with E-state index in [0.29, 0.717) is 17.1 Å². The highest BCUT2D eigenvalue weighted by atomic mass is 16.2. The van der Waals surface area contributed by atoms with Crippen LogP contribution in [0.1, 0.15) is 21.7 Å². The molecule has 1 amide bonds. The number of aryl methyl sites for hydroxylation is 2. The SMILES string of the molecule is Cc1ccn2cc(-c3cccc(NC(=O)c4c(C)nc5ccccn45)c3)nc2c1. The minimum absolute atomic E-state index is 0.191. The van der Waals surface area contributed by atoms with Crippen molar-refractivity contribution in [3.05, 3.63) is 90.1 Å². The van der Waals surface area contributed by atoms with Gasteiger partial charge in [-0.2, -0.15) is 0 Å². The normalized spacial score (nSPS) is 11.2. The highest BCUT2D eigenvalue weighted by Crippen LogP contribution is 2.23. The summed E-state index contributed by atoms with van der Waals surface area (Å²) < 4.78 is 3.80. The molecule has 5 rings (SSSR count). The molecule has 1 N–H and O–H groups in total. The summed E-state index contributed by atoms with van der Waals surface area (Å²) in [6.07, 6.45) is 5.84. The van der Waals surface area contributed by atoms with Crippen molar-refractivity contribution in [1.82, 2.24) is 18.8 Å². The van der Waals surface area contributed by atoms with Gasteiger partial charge in [0.2, 0.25) is 0 Å². The Labute approximate surface area is 167 Å². The molecule has 5 aromatic rings. The van der Waals surface area contributed by atoms with Gasteiger partial charge in [-0.3, -0.25) is 9.20 Å². The lowest BCUT2D eigenvalue weighted by molar-refractivity contribution is 0.102. The van der Waals surface area contributed by atoms with Crippen molar-refractivity contribution in [3.8, 4) is 11.3 Å². The van der Waals surface area contributed by atoms with Gasteiger partial charge in [0.15, 0.2) is 0 Å². The van der Waals surface area contributed by atoms with E-state index >= 15 is 0 Å². The van der Waals surface area contributed by atoms with Crippen LogP contribution in [-0.4, -0.2) is 24.7 Å². The molecular formula is C23H19N5O. The number of hydrogen-bond acceptors (Lipinski definition) is 3. The van der Waals surface area contributed by atoms with E-state index in [0.717, 1.165) is 22.6 Å². The number of anilines is 1. The Morgan fingerprint density at radius 3 is 2.72 bits per heavy atom. The van der Waals surface area contributed by atoms with E-state index in [1.54, 1.807) is 4.40 Å². The van der Waals surface area contributed by atoms with Crippen LogP contribution in [0.3, 0.4) is 0 Å². The first-order valence-corrected chi connectivity index (χ1v) is 9.39. The lowest BCUT2D eigenvalue weighted by Crippen LogP contribution is -2.15. The summed E-state index contributed by atoms with van der Waals surface area (Å²) in [5.41, 5.74) is 6.57. The number of carbonyl (C=O) groups excluding carboxylic acids is 1. The minimum atomic E-state index is -0.191. The fourth-order valence-electron chi connectivity index (χ4n) is 3.56. The Balaban J connectivity index is 1.47. The number of imidazole rings is 2. The highest BCUT2D eigenvalue weighted by Gasteiger charge is 2.16. The van der Waals surface area contributed by atoms with Crippen LogP contribution in [-0.2, 0) is 0 Å². The van der Waals surface area contributed by atoms with Crippen molar-refractivity contribution < 1.29 is 4.79 Å². The standard InChI is InChI=1S/C23H19N5O/c1-15-9-11-27-14-19(26-21(27)12-15)17-6-5-7-18(13-17)25-23(29)22-16(2)24-20-8-3-4-10-28(20)22/h3-14H,1-2H3,(H,25,29). The third-order valence-electron chi connectivity index (χ3n) is 4.95. The number of rotatable bonds is 3. The van der Waals surface area contributed by atoms with Crippen LogP contribution < -0.4 is 5.32 Å². The van der Waals surface area contributed by atoms with Crippen LogP contribution in [0, 0.1) is 13.8 Å². The molecule has 0 saturated carbocycles. The predicted octanol–water partition coefficient (Wildman–Crippen LogP) is 4.52. The molecule has 6 heteroatoms. The molecule has 142 valence electrons. The number of nitrogens with zero attached hydrogens (tertiary/aromatic N) is 4. The summed E-state index contributed by atoms with van der Waals surface area (Å²) in [6.45, 7) is 3.89. The first kappa shape index (κ1) is 17.2. The average molecular weight is 381 g/mol. The van der Waals surface area contributed by atoms with Gasteiger partial charge in [-0.15, -0.1) is 0 Å². The van der Waals surface area contributed by atoms with E-state index in [9.17, 15) is 4.79 Å². The molecule has 0 aliphatic rings. The first-order chi connectivity index (χ1) is 14.1. The van der Waals surface area contributed by atoms with E-state index in [-0.39, 0.29) is 5.91 Å². The van der Waals surface area contributed by atoms with Crippen LogP contribution in [0.4, 0.5) is 5.69 Å². The number of pyridine rings is 2. The second-order valence-electron chi connectivity index (χ2n) is 7.11. The molecule has 0 aliphatic carbocycles. The lowest BCUT2D eigenvalue weighted by Gasteiger charge is -2.07. The smallest absolute Gasteiger partial charge is 0.274 e. The van der Waals surface area contributed by atoms with Gasteiger partial charge >= 0.3 is 0 Å². The van der Waals surface area contributed by atoms with E-state index in [4.69, 9.17) is 4.98 Å². The molecule has 0 bridgehead atoms. The van der Waals surface area contributed by atoms with Crippen LogP contribution in [0.25, 0.3) is 22.6 Å². The number of amides is 1. The molecule has 0 saturated heterocycles. The molecule has 0 spiro atoms. The van der Waals surface area contributed by atoms with Gasteiger partial charge in [0.1, 0.15) is 17.0 Å². The molecule has 4 heterocycles. The summed E-state index contributed by atoms with van der Waals surface area (Å²) in [5.74, 6) is -0.191. The maximum Gasteiger partial charge on any atom is 0.274 e. The van der Waals surface area contributed by atoms with Gasteiger partial charge in [-0.1, -0.05) is 18.2 Å². The molecule has 0 unspecified atom stereocenters. The lowest BCUT2D eigenvalue weighted by atomic mass is 10.1. The van der Waals surface area contributed by atoms with Gasteiger partial charge in [0.05, 0.1) is 11.4 Å². The zero-order chi connectivity index (χ0) is 20.0. The van der Waals surface area contributed by atoms with Crippen molar-refractivity contribution in [3.63, 3.8) is 0 Å². The zero-order valence-corrected chi connectivity index (χ0v) is 16.1. The van der Waals surface area contributed by atoms with E-state index < -0.39 is 0 Å². The Morgan fingerprint density at radius 2 is 1.83 bits per heavy atom. The fourth-order valence-corrected chi connectivity index (χ4v) is 3.56. The van der Waals surface area contributed by atoms with E-state index in [1.165, 1.54) is 5.56 Å². The number of nitrogens with one attached hydrogen (secondary N) is 1. The van der Waals surface area contributed by atoms with E-state index in [1.807, 2.05) is 91.4 Å². The van der Waals surface area contributed by atoms with Crippen LogP contribution in [0.15, 0.2) is 73.2 Å². The van der Waals surface area contributed by atoms with Gasteiger partial charge in [0.25, 0.3) is 5.91 Å². The third-order valence-corrected chi connectivity index (χ3v) is 4.95. The Hall–Kier alpha value is -3.93. The molecule has 4 aromatic heterocycles. The molecule has 29 heavy (non-hydrogen) atoms. The van der Waals surface area contributed by atoms with Crippen molar-refractivity contribution in [1.29, 1.82) is 0 Å². The molecule has 6 nitrogen and oxygen atoms in total. The summed E-state index contributed by atoms with van der Waals surface area (Å²) in [7, 11) is 0. The zero-order valence-electron chi connectivity index (χ0n) is 16.1. The maximum absolute atomic E-state index is 12.9. The largest absolute Gasteiger partial charge is 0.321 e. The monoisotopic (exact) mass is 381 g/mol. The Kier molecular flexibility index (Phi) is 3.91. The molecule has 0 atom stereocenters. The van der Waals surface area contributed by atoms with Crippen molar-refractivity contribution in [2.75, 3.05) is 5.32 Å². The second-order valence-corrected chi connectivity index (χ2v) is 7.11. The topological polar surface area (TPSA) is 63.7 Å². The molecule has 0 radical (unpaired) electrons. The van der Waals surface area contributed by atoms with Crippen LogP contribution in [0.2, 0.25) is 0 Å². The van der Waals surface area contributed by atoms with Crippen molar-refractivity contribution >= 4 is 22.9 Å². The van der Waals surface area contributed by atoms with Crippen molar-refractivity contribution in [2.24, 2.45) is 0 Å². The third kappa shape index (κ3) is 3.04. The number of hydrogen-bond donors (Lipinski definition) is 1. The fraction of sp³-hybridized carbons (Fsp3) is 0.0870. The number of aromatic nitrogens is 4. The molecular weight excluding hydrogens is 362 g/mol. The first-order valence-electron chi connectivity index (χ1n) is 9.39. The minimum Gasteiger partial charge on any atom is -0.321 e. The molecule has 0 aliphatic heterocycles. The maximum atomic E-state index is 12.9. The number of benzene rings is 1. The summed E-state index contributed by atoms with van der Waals surface area (Å²) in [6, 6.07) is 17.5. The number of carbonyl (C=O) groups is 1.